The maximum Gasteiger partial charge on any atom is 0.0747 e. The molecule has 2 aliphatic rings. The van der Waals surface area contributed by atoms with Gasteiger partial charge >= 0.3 is 0 Å². The number of hydrogen-bond donors (Lipinski definition) is 0. The quantitative estimate of drug-likeness (QED) is 0.169. The second-order valence-electron chi connectivity index (χ2n) is 15.5. The molecule has 0 atom stereocenters. The minimum Gasteiger partial charge on any atom is -0.310 e. The number of aromatic nitrogens is 2. The van der Waals surface area contributed by atoms with Crippen molar-refractivity contribution in [1.29, 1.82) is 0 Å². The van der Waals surface area contributed by atoms with Crippen molar-refractivity contribution in [2.75, 3.05) is 4.90 Å². The Labute approximate surface area is 343 Å². The van der Waals surface area contributed by atoms with Crippen LogP contribution in [-0.4, -0.2) is 9.55 Å². The van der Waals surface area contributed by atoms with E-state index in [1.807, 2.05) is 0 Å². The molecule has 0 radical (unpaired) electrons. The zero-order chi connectivity index (χ0) is 38.9. The summed E-state index contributed by atoms with van der Waals surface area (Å²) in [5, 5.41) is 1.22. The molecule has 0 amide bonds. The maximum atomic E-state index is 5.32. The number of para-hydroxylation sites is 2. The lowest BCUT2D eigenvalue weighted by atomic mass is 9.70. The van der Waals surface area contributed by atoms with E-state index in [2.05, 4.69) is 234 Å². The third-order valence-corrected chi connectivity index (χ3v) is 12.4. The molecule has 59 heavy (non-hydrogen) atoms. The largest absolute Gasteiger partial charge is 0.310 e. The predicted molar refractivity (Wildman–Crippen MR) is 243 cm³/mol. The van der Waals surface area contributed by atoms with E-state index in [4.69, 9.17) is 4.98 Å². The van der Waals surface area contributed by atoms with Crippen molar-refractivity contribution < 1.29 is 0 Å². The summed E-state index contributed by atoms with van der Waals surface area (Å²) in [5.41, 5.74) is 19.4. The van der Waals surface area contributed by atoms with Crippen molar-refractivity contribution in [3.8, 4) is 50.6 Å². The summed E-state index contributed by atoms with van der Waals surface area (Å²) in [4.78, 5) is 7.69. The topological polar surface area (TPSA) is 21.1 Å². The molecule has 2 heterocycles. The summed E-state index contributed by atoms with van der Waals surface area (Å²) in [6.07, 6.45) is 0. The van der Waals surface area contributed by atoms with E-state index in [0.29, 0.717) is 0 Å². The van der Waals surface area contributed by atoms with Crippen LogP contribution in [-0.2, 0) is 5.41 Å². The first-order valence-electron chi connectivity index (χ1n) is 20.3. The summed E-state index contributed by atoms with van der Waals surface area (Å²) in [5.74, 6) is 0. The van der Waals surface area contributed by atoms with Gasteiger partial charge in [0, 0.05) is 44.7 Å². The van der Waals surface area contributed by atoms with Crippen molar-refractivity contribution >= 4 is 28.0 Å². The number of nitrogens with zero attached hydrogens (tertiary/aromatic N) is 3. The highest BCUT2D eigenvalue weighted by molar-refractivity contribution is 6.06. The van der Waals surface area contributed by atoms with Crippen LogP contribution in [0.3, 0.4) is 0 Å². The Morgan fingerprint density at radius 2 is 0.831 bits per heavy atom. The Balaban J connectivity index is 1.24. The fourth-order valence-corrected chi connectivity index (χ4v) is 10.0. The molecule has 10 aromatic rings. The lowest BCUT2D eigenvalue weighted by molar-refractivity contribution is 0.801. The van der Waals surface area contributed by atoms with Gasteiger partial charge in [-0.1, -0.05) is 170 Å². The molecule has 0 N–H and O–H groups in total. The van der Waals surface area contributed by atoms with Crippen LogP contribution < -0.4 is 4.90 Å². The van der Waals surface area contributed by atoms with E-state index in [1.54, 1.807) is 0 Å². The summed E-state index contributed by atoms with van der Waals surface area (Å²) < 4.78 is 2.53. The van der Waals surface area contributed by atoms with Gasteiger partial charge in [0.25, 0.3) is 0 Å². The molecule has 0 saturated carbocycles. The molecule has 0 bridgehead atoms. The second-order valence-corrected chi connectivity index (χ2v) is 15.5. The molecular weight excluding hydrogens is 715 g/mol. The van der Waals surface area contributed by atoms with Gasteiger partial charge in [0.15, 0.2) is 0 Å². The van der Waals surface area contributed by atoms with Crippen LogP contribution in [0.1, 0.15) is 22.3 Å². The molecule has 12 rings (SSSR count). The molecule has 0 aliphatic heterocycles. The van der Waals surface area contributed by atoms with Gasteiger partial charge in [-0.3, -0.25) is 0 Å². The zero-order valence-electron chi connectivity index (χ0n) is 32.2. The first-order valence-corrected chi connectivity index (χ1v) is 20.3. The Morgan fingerprint density at radius 3 is 1.36 bits per heavy atom. The SMILES string of the molecule is c1ccc(-c2cc(-n3c4c(c5cc(N(c6ccccc6)c6ccccc6)ccc53)C3(c5ccccc5-c5ccccc53)c3ccccc3-4)cc(-c3ccccc3)n2)cc1. The van der Waals surface area contributed by atoms with Gasteiger partial charge in [-0.15, -0.1) is 0 Å². The number of pyridine rings is 1. The first-order chi connectivity index (χ1) is 29.3. The number of anilines is 3. The van der Waals surface area contributed by atoms with Crippen LogP contribution in [0.25, 0.3) is 61.5 Å². The van der Waals surface area contributed by atoms with E-state index < -0.39 is 5.41 Å². The minimum absolute atomic E-state index is 0.539. The molecule has 0 fully saturated rings. The Bertz CT molecular complexity index is 3060. The molecule has 1 spiro atoms. The van der Waals surface area contributed by atoms with Gasteiger partial charge in [0.2, 0.25) is 0 Å². The highest BCUT2D eigenvalue weighted by Gasteiger charge is 2.54. The van der Waals surface area contributed by atoms with Crippen molar-refractivity contribution in [3.05, 3.63) is 247 Å². The zero-order valence-corrected chi connectivity index (χ0v) is 32.2. The molecule has 3 nitrogen and oxygen atoms in total. The van der Waals surface area contributed by atoms with Crippen LogP contribution in [0.15, 0.2) is 224 Å². The molecule has 3 heteroatoms. The van der Waals surface area contributed by atoms with Crippen LogP contribution in [0.2, 0.25) is 0 Å². The minimum atomic E-state index is -0.539. The first kappa shape index (κ1) is 33.4. The second kappa shape index (κ2) is 13.2. The molecule has 0 saturated heterocycles. The van der Waals surface area contributed by atoms with E-state index in [1.165, 1.54) is 50.0 Å². The van der Waals surface area contributed by atoms with E-state index >= 15 is 0 Å². The molecule has 276 valence electrons. The third-order valence-electron chi connectivity index (χ3n) is 12.4. The Kier molecular flexibility index (Phi) is 7.45. The van der Waals surface area contributed by atoms with E-state index in [-0.39, 0.29) is 0 Å². The fourth-order valence-electron chi connectivity index (χ4n) is 10.0. The van der Waals surface area contributed by atoms with Gasteiger partial charge in [-0.25, -0.2) is 4.98 Å². The van der Waals surface area contributed by atoms with E-state index in [0.717, 1.165) is 50.8 Å². The molecule has 2 aliphatic carbocycles. The van der Waals surface area contributed by atoms with Crippen LogP contribution in [0.4, 0.5) is 17.1 Å². The Hall–Kier alpha value is -7.75. The lowest BCUT2D eigenvalue weighted by Crippen LogP contribution is -2.25. The van der Waals surface area contributed by atoms with Gasteiger partial charge < -0.3 is 9.47 Å². The summed E-state index contributed by atoms with van der Waals surface area (Å²) in [7, 11) is 0. The van der Waals surface area contributed by atoms with Crippen LogP contribution in [0, 0.1) is 0 Å². The van der Waals surface area contributed by atoms with Gasteiger partial charge in [0.05, 0.1) is 33.7 Å². The fraction of sp³-hybridized carbons (Fsp3) is 0.0179. The third kappa shape index (κ3) is 4.92. The maximum absolute atomic E-state index is 5.32. The highest BCUT2D eigenvalue weighted by Crippen LogP contribution is 2.65. The normalized spacial score (nSPS) is 12.9. The average molecular weight is 752 g/mol. The average Bonchev–Trinajstić information content (AvgIpc) is 3.92. The number of hydrogen-bond acceptors (Lipinski definition) is 2. The Morgan fingerprint density at radius 1 is 0.390 bits per heavy atom. The number of benzene rings is 8. The smallest absolute Gasteiger partial charge is 0.0747 e. The summed E-state index contributed by atoms with van der Waals surface area (Å²) >= 11 is 0. The van der Waals surface area contributed by atoms with Gasteiger partial charge in [-0.2, -0.15) is 0 Å². The molecule has 8 aromatic carbocycles. The molecule has 2 aromatic heterocycles. The van der Waals surface area contributed by atoms with Crippen molar-refractivity contribution in [3.63, 3.8) is 0 Å². The number of rotatable bonds is 6. The van der Waals surface area contributed by atoms with Crippen molar-refractivity contribution in [1.82, 2.24) is 9.55 Å². The van der Waals surface area contributed by atoms with Crippen LogP contribution in [0.5, 0.6) is 0 Å². The molecule has 0 unspecified atom stereocenters. The summed E-state index contributed by atoms with van der Waals surface area (Å²) in [6, 6.07) is 81.4. The highest BCUT2D eigenvalue weighted by atomic mass is 15.1. The van der Waals surface area contributed by atoms with E-state index in [9.17, 15) is 0 Å². The van der Waals surface area contributed by atoms with Gasteiger partial charge in [0.1, 0.15) is 0 Å². The monoisotopic (exact) mass is 751 g/mol. The number of fused-ring (bicyclic) bond motifs is 12. The summed E-state index contributed by atoms with van der Waals surface area (Å²) in [6.45, 7) is 0. The van der Waals surface area contributed by atoms with Crippen molar-refractivity contribution in [2.45, 2.75) is 5.41 Å². The van der Waals surface area contributed by atoms with Crippen molar-refractivity contribution in [2.24, 2.45) is 0 Å². The lowest BCUT2D eigenvalue weighted by Gasteiger charge is -2.30. The molecular formula is C56H37N3. The standard InChI is InChI=1S/C56H37N3/c1-5-19-38(20-6-1)51-36-43(37-52(57-51)39-21-7-2-8-22-39)59-53-34-33-42(58(40-23-9-3-10-24-40)41-25-11-4-12-26-41)35-47(53)54-55(59)46-29-15-18-32-50(46)56(54)48-30-16-13-27-44(48)45-28-14-17-31-49(45)56/h1-37H. The van der Waals surface area contributed by atoms with Crippen LogP contribution >= 0.6 is 0 Å². The predicted octanol–water partition coefficient (Wildman–Crippen LogP) is 14.2. The van der Waals surface area contributed by atoms with Gasteiger partial charge in [-0.05, 0) is 82.4 Å².